The number of halogens is 4. The Morgan fingerprint density at radius 2 is 1.93 bits per heavy atom. The highest BCUT2D eigenvalue weighted by Crippen LogP contribution is 2.33. The first-order chi connectivity index (χ1) is 12.8. The van der Waals surface area contributed by atoms with Crippen molar-refractivity contribution in [3.05, 3.63) is 63.9 Å². The number of nitrogens with zero attached hydrogens (tertiary/aromatic N) is 2. The maximum atomic E-state index is 13.1. The summed E-state index contributed by atoms with van der Waals surface area (Å²) < 4.78 is 27.4. The number of hydrogen-bond donors (Lipinski definition) is 1. The number of carbonyl (C=O) groups excluding carboxylic acids is 1. The van der Waals surface area contributed by atoms with Crippen LogP contribution in [0.4, 0.5) is 14.5 Å². The van der Waals surface area contributed by atoms with Gasteiger partial charge in [-0.25, -0.2) is 8.78 Å². The number of hydrogen-bond acceptors (Lipinski definition) is 2. The monoisotopic (exact) mass is 427 g/mol. The van der Waals surface area contributed by atoms with Crippen LogP contribution in [0.3, 0.4) is 0 Å². The first-order valence-electron chi connectivity index (χ1n) is 7.74. The second-order valence-corrected chi connectivity index (χ2v) is 7.27. The number of rotatable bonds is 4. The third kappa shape index (κ3) is 4.29. The Kier molecular flexibility index (Phi) is 5.80. The van der Waals surface area contributed by atoms with E-state index < -0.39 is 18.0 Å². The minimum atomic E-state index is -2.85. The number of aryl methyl sites for hydroxylation is 1. The van der Waals surface area contributed by atoms with Crippen LogP contribution in [0.15, 0.2) is 42.6 Å². The summed E-state index contributed by atoms with van der Waals surface area (Å²) >= 11 is 12.1. The molecule has 0 fully saturated rings. The highest BCUT2D eigenvalue weighted by Gasteiger charge is 2.23. The van der Waals surface area contributed by atoms with Gasteiger partial charge in [0.15, 0.2) is 0 Å². The molecule has 140 valence electrons. The third-order valence-corrected chi connectivity index (χ3v) is 4.93. The predicted octanol–water partition coefficient (Wildman–Crippen LogP) is 5.08. The molecule has 1 aromatic heterocycles. The van der Waals surface area contributed by atoms with E-state index in [1.54, 1.807) is 30.3 Å². The summed E-state index contributed by atoms with van der Waals surface area (Å²) in [4.78, 5) is 12.6. The third-order valence-electron chi connectivity index (χ3n) is 3.83. The topological polar surface area (TPSA) is 46.9 Å². The van der Waals surface area contributed by atoms with Crippen LogP contribution in [-0.4, -0.2) is 15.7 Å². The molecule has 0 saturated heterocycles. The first kappa shape index (κ1) is 19.7. The van der Waals surface area contributed by atoms with E-state index in [4.69, 9.17) is 23.2 Å². The van der Waals surface area contributed by atoms with Crippen molar-refractivity contribution in [2.45, 2.75) is 6.43 Å². The van der Waals surface area contributed by atoms with Gasteiger partial charge in [-0.05, 0) is 35.1 Å². The minimum absolute atomic E-state index is 0.178. The van der Waals surface area contributed by atoms with Gasteiger partial charge in [-0.3, -0.25) is 9.48 Å². The number of carbonyl (C=O) groups is 1. The Morgan fingerprint density at radius 1 is 1.19 bits per heavy atom. The van der Waals surface area contributed by atoms with Gasteiger partial charge in [0.1, 0.15) is 5.69 Å². The van der Waals surface area contributed by atoms with Gasteiger partial charge in [0.05, 0.1) is 15.6 Å². The van der Waals surface area contributed by atoms with E-state index in [2.05, 4.69) is 19.7 Å². The fourth-order valence-electron chi connectivity index (χ4n) is 2.60. The quantitative estimate of drug-likeness (QED) is 0.589. The van der Waals surface area contributed by atoms with E-state index in [-0.39, 0.29) is 5.56 Å². The van der Waals surface area contributed by atoms with Crippen molar-refractivity contribution in [1.29, 1.82) is 0 Å². The Balaban J connectivity index is 2.01. The van der Waals surface area contributed by atoms with Crippen molar-refractivity contribution in [3.8, 4) is 11.1 Å². The maximum absolute atomic E-state index is 13.1. The van der Waals surface area contributed by atoms with E-state index in [1.807, 2.05) is 6.07 Å². The first-order valence-corrected chi connectivity index (χ1v) is 9.07. The largest absolute Gasteiger partial charge is 0.321 e. The normalized spacial score (nSPS) is 11.1. The van der Waals surface area contributed by atoms with Gasteiger partial charge >= 0.3 is 0 Å². The SMILES string of the molecule is Cn1cc(C(=O)Nc2ccc(P)cc2-c2ccc(Cl)c(Cl)c2)c(C(F)F)n1. The van der Waals surface area contributed by atoms with Crippen LogP contribution in [0.25, 0.3) is 11.1 Å². The molecule has 0 aliphatic heterocycles. The Labute approximate surface area is 166 Å². The molecule has 1 unspecified atom stereocenters. The second-order valence-electron chi connectivity index (χ2n) is 5.79. The molecule has 0 spiro atoms. The van der Waals surface area contributed by atoms with Crippen LogP contribution in [0.1, 0.15) is 22.5 Å². The van der Waals surface area contributed by atoms with Crippen LogP contribution in [0.5, 0.6) is 0 Å². The highest BCUT2D eigenvalue weighted by atomic mass is 35.5. The molecule has 2 aromatic carbocycles. The zero-order valence-corrected chi connectivity index (χ0v) is 16.7. The van der Waals surface area contributed by atoms with E-state index >= 15 is 0 Å². The summed E-state index contributed by atoms with van der Waals surface area (Å²) in [5.74, 6) is -0.670. The summed E-state index contributed by atoms with van der Waals surface area (Å²) in [6, 6.07) is 10.4. The number of aromatic nitrogens is 2. The smallest absolute Gasteiger partial charge is 0.282 e. The molecule has 9 heteroatoms. The number of alkyl halides is 2. The summed E-state index contributed by atoms with van der Waals surface area (Å²) in [6.45, 7) is 0. The molecule has 0 bridgehead atoms. The zero-order chi connectivity index (χ0) is 19.7. The van der Waals surface area contributed by atoms with Crippen LogP contribution >= 0.6 is 32.4 Å². The van der Waals surface area contributed by atoms with Gasteiger partial charge in [0.25, 0.3) is 12.3 Å². The van der Waals surface area contributed by atoms with E-state index in [9.17, 15) is 13.6 Å². The number of benzene rings is 2. The number of nitrogens with one attached hydrogen (secondary N) is 1. The van der Waals surface area contributed by atoms with Crippen molar-refractivity contribution < 1.29 is 13.6 Å². The standard InChI is InChI=1S/C18H14Cl2F2N3OP/c1-25-8-12(16(24-25)17(21)22)18(26)23-15-5-3-10(27)7-11(15)9-2-4-13(19)14(20)6-9/h2-8,17H,27H2,1H3,(H,23,26). The lowest BCUT2D eigenvalue weighted by molar-refractivity contribution is 0.101. The molecular formula is C18H14Cl2F2N3OP. The Bertz CT molecular complexity index is 1020. The lowest BCUT2D eigenvalue weighted by atomic mass is 10.0. The van der Waals surface area contributed by atoms with E-state index in [0.29, 0.717) is 21.3 Å². The summed E-state index contributed by atoms with van der Waals surface area (Å²) in [6.07, 6.45) is -1.59. The molecule has 1 N–H and O–H groups in total. The lowest BCUT2D eigenvalue weighted by Gasteiger charge is -2.13. The fourth-order valence-corrected chi connectivity index (χ4v) is 3.17. The maximum Gasteiger partial charge on any atom is 0.282 e. The van der Waals surface area contributed by atoms with Crippen molar-refractivity contribution in [2.24, 2.45) is 7.05 Å². The van der Waals surface area contributed by atoms with Gasteiger partial charge < -0.3 is 5.32 Å². The van der Waals surface area contributed by atoms with Crippen LogP contribution < -0.4 is 10.6 Å². The second kappa shape index (κ2) is 7.93. The Morgan fingerprint density at radius 3 is 2.59 bits per heavy atom. The fraction of sp³-hybridized carbons (Fsp3) is 0.111. The molecule has 0 radical (unpaired) electrons. The van der Waals surface area contributed by atoms with Gasteiger partial charge in [-0.15, -0.1) is 9.24 Å². The molecule has 0 aliphatic rings. The van der Waals surface area contributed by atoms with Crippen molar-refractivity contribution >= 4 is 49.3 Å². The van der Waals surface area contributed by atoms with E-state index in [0.717, 1.165) is 10.9 Å². The van der Waals surface area contributed by atoms with Gasteiger partial charge in [0.2, 0.25) is 0 Å². The van der Waals surface area contributed by atoms with Crippen molar-refractivity contribution in [1.82, 2.24) is 9.78 Å². The van der Waals surface area contributed by atoms with Gasteiger partial charge in [0, 0.05) is 24.5 Å². The zero-order valence-electron chi connectivity index (χ0n) is 14.0. The van der Waals surface area contributed by atoms with Gasteiger partial charge in [-0.1, -0.05) is 35.3 Å². The average Bonchev–Trinajstić information content (AvgIpc) is 3.01. The molecule has 3 rings (SSSR count). The molecule has 0 aliphatic carbocycles. The van der Waals surface area contributed by atoms with Crippen LogP contribution in [-0.2, 0) is 7.05 Å². The molecule has 0 saturated carbocycles. The summed E-state index contributed by atoms with van der Waals surface area (Å²) in [5.41, 5.74) is 1.12. The average molecular weight is 428 g/mol. The Hall–Kier alpha value is -2.01. The van der Waals surface area contributed by atoms with E-state index in [1.165, 1.54) is 17.9 Å². The number of anilines is 1. The molecule has 4 nitrogen and oxygen atoms in total. The summed E-state index contributed by atoms with van der Waals surface area (Å²) in [5, 5.41) is 8.00. The minimum Gasteiger partial charge on any atom is -0.321 e. The lowest BCUT2D eigenvalue weighted by Crippen LogP contribution is -2.14. The van der Waals surface area contributed by atoms with Crippen molar-refractivity contribution in [3.63, 3.8) is 0 Å². The molecular weight excluding hydrogens is 414 g/mol. The highest BCUT2D eigenvalue weighted by molar-refractivity contribution is 7.27. The summed E-state index contributed by atoms with van der Waals surface area (Å²) in [7, 11) is 4.04. The molecule has 3 aromatic rings. The predicted molar refractivity (Wildman–Crippen MR) is 107 cm³/mol. The molecule has 1 heterocycles. The number of amides is 1. The van der Waals surface area contributed by atoms with Crippen LogP contribution in [0, 0.1) is 0 Å². The molecule has 1 amide bonds. The molecule has 1 atom stereocenters. The van der Waals surface area contributed by atoms with Crippen molar-refractivity contribution in [2.75, 3.05) is 5.32 Å². The van der Waals surface area contributed by atoms with Crippen LogP contribution in [0.2, 0.25) is 10.0 Å². The molecule has 27 heavy (non-hydrogen) atoms. The van der Waals surface area contributed by atoms with Gasteiger partial charge in [-0.2, -0.15) is 5.10 Å².